The lowest BCUT2D eigenvalue weighted by atomic mass is 10.1. The number of piperazine rings is 1. The first-order valence-corrected chi connectivity index (χ1v) is 9.81. The molecular formula is C19H21N5O2S. The zero-order chi connectivity index (χ0) is 19.0. The highest BCUT2D eigenvalue weighted by atomic mass is 32.1. The molecule has 140 valence electrons. The Morgan fingerprint density at radius 1 is 1.19 bits per heavy atom. The fourth-order valence-electron chi connectivity index (χ4n) is 3.41. The average molecular weight is 383 g/mol. The van der Waals surface area contributed by atoms with Gasteiger partial charge in [-0.3, -0.25) is 9.59 Å². The van der Waals surface area contributed by atoms with E-state index in [0.29, 0.717) is 38.3 Å². The highest BCUT2D eigenvalue weighted by Gasteiger charge is 2.25. The molecule has 0 unspecified atom stereocenters. The number of aryl methyl sites for hydroxylation is 1. The van der Waals surface area contributed by atoms with E-state index in [2.05, 4.69) is 16.1 Å². The van der Waals surface area contributed by atoms with E-state index in [1.54, 1.807) is 29.4 Å². The third-order valence-corrected chi connectivity index (χ3v) is 5.73. The Morgan fingerprint density at radius 3 is 2.59 bits per heavy atom. The van der Waals surface area contributed by atoms with E-state index in [1.165, 1.54) is 4.88 Å². The second-order valence-corrected chi connectivity index (χ2v) is 7.76. The van der Waals surface area contributed by atoms with Gasteiger partial charge in [0.1, 0.15) is 0 Å². The van der Waals surface area contributed by atoms with Crippen LogP contribution < -0.4 is 0 Å². The molecule has 2 amide bonds. The third kappa shape index (κ3) is 3.44. The van der Waals surface area contributed by atoms with Gasteiger partial charge >= 0.3 is 0 Å². The highest BCUT2D eigenvalue weighted by Crippen LogP contribution is 2.22. The summed E-state index contributed by atoms with van der Waals surface area (Å²) in [7, 11) is 0. The molecule has 1 aliphatic heterocycles. The molecule has 3 aromatic rings. The second-order valence-electron chi connectivity index (χ2n) is 6.73. The smallest absolute Gasteiger partial charge is 0.254 e. The van der Waals surface area contributed by atoms with Crippen molar-refractivity contribution < 1.29 is 9.59 Å². The molecule has 0 aliphatic carbocycles. The van der Waals surface area contributed by atoms with E-state index in [0.717, 1.165) is 16.7 Å². The Morgan fingerprint density at radius 2 is 1.93 bits per heavy atom. The number of thiophene rings is 1. The Balaban J connectivity index is 1.63. The number of hydrogen-bond donors (Lipinski definition) is 0. The normalized spacial score (nSPS) is 14.7. The molecule has 0 spiro atoms. The van der Waals surface area contributed by atoms with Crippen molar-refractivity contribution in [1.29, 1.82) is 0 Å². The maximum absolute atomic E-state index is 13.1. The summed E-state index contributed by atoms with van der Waals surface area (Å²) < 4.78 is 1.85. The number of fused-ring (bicyclic) bond motifs is 1. The summed E-state index contributed by atoms with van der Waals surface area (Å²) in [5.41, 5.74) is 2.15. The second kappa shape index (κ2) is 7.11. The van der Waals surface area contributed by atoms with Gasteiger partial charge < -0.3 is 9.80 Å². The minimum absolute atomic E-state index is 0.0237. The van der Waals surface area contributed by atoms with Crippen molar-refractivity contribution in [3.8, 4) is 0 Å². The number of carbonyl (C=O) groups is 2. The minimum atomic E-state index is -0.0237. The number of aromatic nitrogens is 3. The zero-order valence-corrected chi connectivity index (χ0v) is 16.2. The van der Waals surface area contributed by atoms with Gasteiger partial charge in [-0.2, -0.15) is 5.10 Å². The predicted octanol–water partition coefficient (Wildman–Crippen LogP) is 2.15. The summed E-state index contributed by atoms with van der Waals surface area (Å²) >= 11 is 1.67. The number of pyridine rings is 1. The first-order valence-electron chi connectivity index (χ1n) is 8.93. The maximum atomic E-state index is 13.1. The molecule has 0 N–H and O–H groups in total. The van der Waals surface area contributed by atoms with Crippen LogP contribution in [0, 0.1) is 6.92 Å². The van der Waals surface area contributed by atoms with Gasteiger partial charge in [-0.1, -0.05) is 6.07 Å². The molecule has 0 radical (unpaired) electrons. The zero-order valence-electron chi connectivity index (χ0n) is 15.4. The van der Waals surface area contributed by atoms with Gasteiger partial charge in [-0.05, 0) is 24.4 Å². The Labute approximate surface area is 161 Å². The van der Waals surface area contributed by atoms with Crippen LogP contribution in [0.4, 0.5) is 0 Å². The molecule has 1 fully saturated rings. The highest BCUT2D eigenvalue weighted by molar-refractivity contribution is 7.09. The molecule has 7 nitrogen and oxygen atoms in total. The van der Waals surface area contributed by atoms with Crippen molar-refractivity contribution in [1.82, 2.24) is 24.6 Å². The lowest BCUT2D eigenvalue weighted by molar-refractivity contribution is -0.130. The quantitative estimate of drug-likeness (QED) is 0.695. The van der Waals surface area contributed by atoms with Crippen molar-refractivity contribution in [3.05, 3.63) is 45.9 Å². The van der Waals surface area contributed by atoms with E-state index in [4.69, 9.17) is 0 Å². The fourth-order valence-corrected chi connectivity index (χ4v) is 4.10. The lowest BCUT2D eigenvalue weighted by Gasteiger charge is -2.34. The summed E-state index contributed by atoms with van der Waals surface area (Å²) in [5, 5.41) is 7.28. The molecule has 0 saturated carbocycles. The average Bonchev–Trinajstić information content (AvgIpc) is 3.31. The van der Waals surface area contributed by atoms with E-state index >= 15 is 0 Å². The summed E-state index contributed by atoms with van der Waals surface area (Å²) in [6.45, 7) is 6.34. The summed E-state index contributed by atoms with van der Waals surface area (Å²) in [6, 6.07) is 5.91. The van der Waals surface area contributed by atoms with Crippen LogP contribution in [0.1, 0.15) is 27.9 Å². The number of nitrogens with zero attached hydrogens (tertiary/aromatic N) is 5. The Kier molecular flexibility index (Phi) is 4.65. The molecule has 4 rings (SSSR count). The van der Waals surface area contributed by atoms with E-state index in [9.17, 15) is 9.59 Å². The maximum Gasteiger partial charge on any atom is 0.254 e. The molecule has 1 saturated heterocycles. The first kappa shape index (κ1) is 17.7. The summed E-state index contributed by atoms with van der Waals surface area (Å²) in [4.78, 5) is 34.0. The van der Waals surface area contributed by atoms with Crippen LogP contribution >= 0.6 is 11.3 Å². The molecule has 4 heterocycles. The van der Waals surface area contributed by atoms with E-state index in [-0.39, 0.29) is 11.8 Å². The van der Waals surface area contributed by atoms with Crippen LogP contribution in [0.15, 0.2) is 29.8 Å². The number of hydrogen-bond acceptors (Lipinski definition) is 5. The predicted molar refractivity (Wildman–Crippen MR) is 104 cm³/mol. The Hall–Kier alpha value is -2.74. The number of carbonyl (C=O) groups excluding carboxylic acids is 2. The Bertz CT molecular complexity index is 987. The van der Waals surface area contributed by atoms with Gasteiger partial charge in [-0.15, -0.1) is 11.3 Å². The molecule has 0 bridgehead atoms. The molecule has 3 aromatic heterocycles. The van der Waals surface area contributed by atoms with Gasteiger partial charge in [0.15, 0.2) is 5.65 Å². The van der Waals surface area contributed by atoms with Gasteiger partial charge in [0, 0.05) is 43.7 Å². The topological polar surface area (TPSA) is 71.3 Å². The fraction of sp³-hybridized carbons (Fsp3) is 0.368. The van der Waals surface area contributed by atoms with Crippen LogP contribution in [-0.2, 0) is 11.3 Å². The molecular weight excluding hydrogens is 362 g/mol. The van der Waals surface area contributed by atoms with Crippen LogP contribution in [0.2, 0.25) is 0 Å². The molecule has 0 atom stereocenters. The third-order valence-electron chi connectivity index (χ3n) is 4.87. The summed E-state index contributed by atoms with van der Waals surface area (Å²) in [5.74, 6) is 0.0310. The molecule has 0 aromatic carbocycles. The number of amides is 2. The number of rotatable bonds is 3. The molecule has 8 heteroatoms. The first-order chi connectivity index (χ1) is 13.0. The standard InChI is InChI=1S/C19H21N5O2S/c1-13-10-16(19(26)23-7-5-22(6-8-23)14(2)25)17-11-20-24(18(17)21-13)12-15-4-3-9-27-15/h3-4,9-11H,5-8,12H2,1-2H3. The molecule has 1 aliphatic rings. The van der Waals surface area contributed by atoms with Crippen molar-refractivity contribution in [3.63, 3.8) is 0 Å². The van der Waals surface area contributed by atoms with E-state index in [1.807, 2.05) is 34.0 Å². The SMILES string of the molecule is CC(=O)N1CCN(C(=O)c2cc(C)nc3c2cnn3Cc2cccs2)CC1. The van der Waals surface area contributed by atoms with Crippen LogP contribution in [0.3, 0.4) is 0 Å². The van der Waals surface area contributed by atoms with Gasteiger partial charge in [0.25, 0.3) is 5.91 Å². The monoisotopic (exact) mass is 383 g/mol. The van der Waals surface area contributed by atoms with Gasteiger partial charge in [0.05, 0.1) is 23.7 Å². The van der Waals surface area contributed by atoms with Crippen LogP contribution in [-0.4, -0.2) is 62.6 Å². The van der Waals surface area contributed by atoms with Crippen molar-refractivity contribution >= 4 is 34.2 Å². The van der Waals surface area contributed by atoms with Crippen molar-refractivity contribution in [2.45, 2.75) is 20.4 Å². The van der Waals surface area contributed by atoms with Gasteiger partial charge in [-0.25, -0.2) is 9.67 Å². The van der Waals surface area contributed by atoms with Crippen molar-refractivity contribution in [2.24, 2.45) is 0 Å². The van der Waals surface area contributed by atoms with E-state index < -0.39 is 0 Å². The van der Waals surface area contributed by atoms with Gasteiger partial charge in [0.2, 0.25) is 5.91 Å². The summed E-state index contributed by atoms with van der Waals surface area (Å²) in [6.07, 6.45) is 1.73. The minimum Gasteiger partial charge on any atom is -0.339 e. The van der Waals surface area contributed by atoms with Crippen LogP contribution in [0.5, 0.6) is 0 Å². The van der Waals surface area contributed by atoms with Crippen LogP contribution in [0.25, 0.3) is 11.0 Å². The largest absolute Gasteiger partial charge is 0.339 e. The lowest BCUT2D eigenvalue weighted by Crippen LogP contribution is -2.50. The van der Waals surface area contributed by atoms with Crippen molar-refractivity contribution in [2.75, 3.05) is 26.2 Å². The molecule has 27 heavy (non-hydrogen) atoms.